The fourth-order valence-electron chi connectivity index (χ4n) is 2.96. The lowest BCUT2D eigenvalue weighted by molar-refractivity contribution is 0.0378. The Labute approximate surface area is 178 Å². The van der Waals surface area contributed by atoms with E-state index >= 15 is 0 Å². The Hall–Kier alpha value is -2.70. The Bertz CT molecular complexity index is 1120. The molecule has 2 aromatic heterocycles. The van der Waals surface area contributed by atoms with Crippen molar-refractivity contribution in [3.63, 3.8) is 0 Å². The molecule has 0 bridgehead atoms. The summed E-state index contributed by atoms with van der Waals surface area (Å²) in [6.07, 6.45) is 1.50. The van der Waals surface area contributed by atoms with Crippen molar-refractivity contribution in [2.75, 3.05) is 0 Å². The van der Waals surface area contributed by atoms with Crippen molar-refractivity contribution < 1.29 is 9.53 Å². The standard InChI is InChI=1S/C23H20N2O2S2/c1-15(2)27-23(26)18-10-8-16(9-11-18)12-28-21-20-19(17-6-4-3-5-7-17)13-29-22(20)25-14-24-21/h3-11,13-15H,12H2,1-2H3. The molecular weight excluding hydrogens is 400 g/mol. The highest BCUT2D eigenvalue weighted by molar-refractivity contribution is 7.98. The van der Waals surface area contributed by atoms with Crippen molar-refractivity contribution in [2.24, 2.45) is 0 Å². The fourth-order valence-corrected chi connectivity index (χ4v) is 4.91. The zero-order valence-corrected chi connectivity index (χ0v) is 17.8. The first-order valence-electron chi connectivity index (χ1n) is 9.32. The summed E-state index contributed by atoms with van der Waals surface area (Å²) in [5, 5.41) is 4.22. The molecule has 0 aliphatic carbocycles. The molecule has 0 aliphatic rings. The van der Waals surface area contributed by atoms with E-state index in [1.807, 2.05) is 56.3 Å². The van der Waals surface area contributed by atoms with Crippen molar-refractivity contribution >= 4 is 39.3 Å². The first-order chi connectivity index (χ1) is 14.1. The molecule has 29 heavy (non-hydrogen) atoms. The molecule has 0 radical (unpaired) electrons. The number of carbonyl (C=O) groups excluding carboxylic acids is 1. The van der Waals surface area contributed by atoms with E-state index in [1.165, 1.54) is 11.1 Å². The van der Waals surface area contributed by atoms with Gasteiger partial charge in [-0.3, -0.25) is 0 Å². The minimum absolute atomic E-state index is 0.123. The van der Waals surface area contributed by atoms with E-state index in [4.69, 9.17) is 4.74 Å². The third-order valence-corrected chi connectivity index (χ3v) is 6.28. The van der Waals surface area contributed by atoms with Crippen LogP contribution in [0.3, 0.4) is 0 Å². The zero-order valence-electron chi connectivity index (χ0n) is 16.2. The predicted molar refractivity (Wildman–Crippen MR) is 119 cm³/mol. The number of benzene rings is 2. The highest BCUT2D eigenvalue weighted by Crippen LogP contribution is 2.38. The molecule has 0 aliphatic heterocycles. The van der Waals surface area contributed by atoms with Crippen LogP contribution >= 0.6 is 23.1 Å². The van der Waals surface area contributed by atoms with Crippen LogP contribution in [-0.2, 0) is 10.5 Å². The molecule has 0 saturated carbocycles. The number of fused-ring (bicyclic) bond motifs is 1. The summed E-state index contributed by atoms with van der Waals surface area (Å²) in [4.78, 5) is 22.0. The van der Waals surface area contributed by atoms with E-state index < -0.39 is 0 Å². The maximum atomic E-state index is 12.0. The SMILES string of the molecule is CC(C)OC(=O)c1ccc(CSc2ncnc3scc(-c4ccccc4)c23)cc1. The molecule has 0 atom stereocenters. The summed E-state index contributed by atoms with van der Waals surface area (Å²) in [6.45, 7) is 3.69. The lowest BCUT2D eigenvalue weighted by atomic mass is 10.1. The smallest absolute Gasteiger partial charge is 0.338 e. The van der Waals surface area contributed by atoms with Gasteiger partial charge in [0, 0.05) is 16.7 Å². The van der Waals surface area contributed by atoms with Gasteiger partial charge in [0.05, 0.1) is 17.1 Å². The average Bonchev–Trinajstić information content (AvgIpc) is 3.17. The topological polar surface area (TPSA) is 52.1 Å². The molecule has 0 unspecified atom stereocenters. The van der Waals surface area contributed by atoms with Crippen molar-refractivity contribution in [3.8, 4) is 11.1 Å². The predicted octanol–water partition coefficient (Wildman–Crippen LogP) is 6.22. The van der Waals surface area contributed by atoms with Gasteiger partial charge >= 0.3 is 5.97 Å². The summed E-state index contributed by atoms with van der Waals surface area (Å²) < 4.78 is 5.24. The van der Waals surface area contributed by atoms with Gasteiger partial charge in [-0.05, 0) is 37.1 Å². The number of thioether (sulfide) groups is 1. The third kappa shape index (κ3) is 4.49. The molecule has 0 N–H and O–H groups in total. The summed E-state index contributed by atoms with van der Waals surface area (Å²) in [5.74, 6) is 0.470. The third-order valence-electron chi connectivity index (χ3n) is 4.33. The molecule has 2 aromatic carbocycles. The Morgan fingerprint density at radius 2 is 1.83 bits per heavy atom. The second-order valence-electron chi connectivity index (χ2n) is 6.81. The van der Waals surface area contributed by atoms with Crippen molar-refractivity contribution in [2.45, 2.75) is 30.7 Å². The van der Waals surface area contributed by atoms with Gasteiger partial charge in [0.2, 0.25) is 0 Å². The van der Waals surface area contributed by atoms with Crippen LogP contribution in [0.2, 0.25) is 0 Å². The molecular formula is C23H20N2O2S2. The van der Waals surface area contributed by atoms with Crippen LogP contribution in [0.1, 0.15) is 29.8 Å². The van der Waals surface area contributed by atoms with Crippen LogP contribution < -0.4 is 0 Å². The lowest BCUT2D eigenvalue weighted by Gasteiger charge is -2.08. The summed E-state index contributed by atoms with van der Waals surface area (Å²) >= 11 is 3.32. The Kier molecular flexibility index (Phi) is 5.92. The lowest BCUT2D eigenvalue weighted by Crippen LogP contribution is -2.11. The van der Waals surface area contributed by atoms with E-state index in [2.05, 4.69) is 27.5 Å². The van der Waals surface area contributed by atoms with Crippen molar-refractivity contribution in [1.82, 2.24) is 9.97 Å². The van der Waals surface area contributed by atoms with Crippen LogP contribution in [0.15, 0.2) is 71.3 Å². The van der Waals surface area contributed by atoms with E-state index in [-0.39, 0.29) is 12.1 Å². The summed E-state index contributed by atoms with van der Waals surface area (Å²) in [5.41, 5.74) is 4.03. The quantitative estimate of drug-likeness (QED) is 0.211. The van der Waals surface area contributed by atoms with Crippen molar-refractivity contribution in [1.29, 1.82) is 0 Å². The number of esters is 1. The molecule has 4 rings (SSSR count). The fraction of sp³-hybridized carbons (Fsp3) is 0.174. The highest BCUT2D eigenvalue weighted by atomic mass is 32.2. The van der Waals surface area contributed by atoms with E-state index in [1.54, 1.807) is 29.4 Å². The van der Waals surface area contributed by atoms with Gasteiger partial charge in [-0.15, -0.1) is 23.1 Å². The highest BCUT2D eigenvalue weighted by Gasteiger charge is 2.14. The van der Waals surface area contributed by atoms with Gasteiger partial charge in [-0.1, -0.05) is 42.5 Å². The second-order valence-corrected chi connectivity index (χ2v) is 8.64. The summed E-state index contributed by atoms with van der Waals surface area (Å²) in [6, 6.07) is 17.9. The molecule has 0 saturated heterocycles. The number of nitrogens with zero attached hydrogens (tertiary/aromatic N) is 2. The van der Waals surface area contributed by atoms with Crippen LogP contribution in [0.25, 0.3) is 21.3 Å². The van der Waals surface area contributed by atoms with Gasteiger partial charge < -0.3 is 4.74 Å². The molecule has 4 nitrogen and oxygen atoms in total. The van der Waals surface area contributed by atoms with E-state index in [0.717, 1.165) is 26.6 Å². The second kappa shape index (κ2) is 8.76. The molecule has 2 heterocycles. The van der Waals surface area contributed by atoms with Gasteiger partial charge in [-0.25, -0.2) is 14.8 Å². The number of thiophene rings is 1. The Balaban J connectivity index is 1.55. The number of rotatable bonds is 6. The zero-order chi connectivity index (χ0) is 20.2. The van der Waals surface area contributed by atoms with Gasteiger partial charge in [0.15, 0.2) is 0 Å². The number of carbonyl (C=O) groups is 1. The maximum absolute atomic E-state index is 12.0. The minimum Gasteiger partial charge on any atom is -0.459 e. The largest absolute Gasteiger partial charge is 0.459 e. The molecule has 0 amide bonds. The van der Waals surface area contributed by atoms with Crippen LogP contribution in [0, 0.1) is 0 Å². The minimum atomic E-state index is -0.289. The Morgan fingerprint density at radius 1 is 1.07 bits per heavy atom. The van der Waals surface area contributed by atoms with Crippen LogP contribution in [0.4, 0.5) is 0 Å². The summed E-state index contributed by atoms with van der Waals surface area (Å²) in [7, 11) is 0. The monoisotopic (exact) mass is 420 g/mol. The van der Waals surface area contributed by atoms with Crippen LogP contribution in [-0.4, -0.2) is 22.0 Å². The molecule has 0 fully saturated rings. The first kappa shape index (κ1) is 19.6. The van der Waals surface area contributed by atoms with E-state index in [9.17, 15) is 4.79 Å². The molecule has 146 valence electrons. The molecule has 4 aromatic rings. The number of hydrogen-bond donors (Lipinski definition) is 0. The molecule has 0 spiro atoms. The van der Waals surface area contributed by atoms with E-state index in [0.29, 0.717) is 5.56 Å². The van der Waals surface area contributed by atoms with Gasteiger partial charge in [0.1, 0.15) is 16.2 Å². The number of hydrogen-bond acceptors (Lipinski definition) is 6. The Morgan fingerprint density at radius 3 is 2.55 bits per heavy atom. The van der Waals surface area contributed by atoms with Gasteiger partial charge in [-0.2, -0.15) is 0 Å². The normalized spacial score (nSPS) is 11.1. The van der Waals surface area contributed by atoms with Crippen molar-refractivity contribution in [3.05, 3.63) is 77.4 Å². The number of aromatic nitrogens is 2. The maximum Gasteiger partial charge on any atom is 0.338 e. The molecule has 6 heteroatoms. The van der Waals surface area contributed by atoms with Gasteiger partial charge in [0.25, 0.3) is 0 Å². The van der Waals surface area contributed by atoms with Crippen LogP contribution in [0.5, 0.6) is 0 Å². The average molecular weight is 421 g/mol. The first-order valence-corrected chi connectivity index (χ1v) is 11.2. The number of ether oxygens (including phenoxy) is 1.